The van der Waals surface area contributed by atoms with Crippen LogP contribution in [-0.4, -0.2) is 5.91 Å². The van der Waals surface area contributed by atoms with Crippen molar-refractivity contribution >= 4 is 5.91 Å². The van der Waals surface area contributed by atoms with Crippen LogP contribution in [0.4, 0.5) is 4.39 Å². The van der Waals surface area contributed by atoms with Crippen LogP contribution in [0.1, 0.15) is 30.4 Å². The molecule has 0 saturated heterocycles. The van der Waals surface area contributed by atoms with Crippen molar-refractivity contribution in [2.45, 2.75) is 31.2 Å². The second-order valence-electron chi connectivity index (χ2n) is 5.66. The molecule has 0 bridgehead atoms. The lowest BCUT2D eigenvalue weighted by Crippen LogP contribution is -2.51. The molecule has 108 valence electrons. The zero-order chi connectivity index (χ0) is 14.7. The van der Waals surface area contributed by atoms with Crippen LogP contribution in [0, 0.1) is 5.82 Å². The topological polar surface area (TPSA) is 29.1 Å². The predicted octanol–water partition coefficient (Wildman–Crippen LogP) is 3.56. The van der Waals surface area contributed by atoms with Gasteiger partial charge in [-0.15, -0.1) is 0 Å². The number of halogens is 1. The van der Waals surface area contributed by atoms with E-state index in [1.807, 2.05) is 18.2 Å². The minimum atomic E-state index is -0.304. The molecule has 1 fully saturated rings. The molecule has 0 aliphatic heterocycles. The SMILES string of the molecule is O=C(Cc1cccc(F)c1)NC1(c2ccccc2)CCC1. The number of rotatable bonds is 4. The minimum absolute atomic E-state index is 0.0517. The van der Waals surface area contributed by atoms with Gasteiger partial charge in [-0.05, 0) is 42.5 Å². The van der Waals surface area contributed by atoms with Gasteiger partial charge in [0.1, 0.15) is 5.82 Å². The Labute approximate surface area is 124 Å². The number of nitrogens with one attached hydrogen (secondary N) is 1. The lowest BCUT2D eigenvalue weighted by Gasteiger charge is -2.43. The van der Waals surface area contributed by atoms with E-state index in [9.17, 15) is 9.18 Å². The van der Waals surface area contributed by atoms with Crippen molar-refractivity contribution in [3.8, 4) is 0 Å². The highest BCUT2D eigenvalue weighted by atomic mass is 19.1. The average Bonchev–Trinajstić information content (AvgIpc) is 2.44. The third-order valence-electron chi connectivity index (χ3n) is 4.17. The first-order chi connectivity index (χ1) is 10.2. The monoisotopic (exact) mass is 283 g/mol. The molecule has 1 aliphatic carbocycles. The van der Waals surface area contributed by atoms with Crippen molar-refractivity contribution in [1.82, 2.24) is 5.32 Å². The summed E-state index contributed by atoms with van der Waals surface area (Å²) in [6, 6.07) is 16.3. The van der Waals surface area contributed by atoms with Gasteiger partial charge in [-0.3, -0.25) is 4.79 Å². The van der Waals surface area contributed by atoms with E-state index in [4.69, 9.17) is 0 Å². The highest BCUT2D eigenvalue weighted by Crippen LogP contribution is 2.41. The van der Waals surface area contributed by atoms with Crippen molar-refractivity contribution in [3.05, 3.63) is 71.5 Å². The second kappa shape index (κ2) is 5.68. The van der Waals surface area contributed by atoms with E-state index in [0.29, 0.717) is 5.56 Å². The lowest BCUT2D eigenvalue weighted by molar-refractivity contribution is -0.123. The van der Waals surface area contributed by atoms with Gasteiger partial charge in [0.25, 0.3) is 0 Å². The summed E-state index contributed by atoms with van der Waals surface area (Å²) in [7, 11) is 0. The Kier molecular flexibility index (Phi) is 3.74. The van der Waals surface area contributed by atoms with Crippen LogP contribution >= 0.6 is 0 Å². The Hall–Kier alpha value is -2.16. The fraction of sp³-hybridized carbons (Fsp3) is 0.278. The molecule has 0 radical (unpaired) electrons. The van der Waals surface area contributed by atoms with Crippen molar-refractivity contribution in [1.29, 1.82) is 0 Å². The molecule has 2 nitrogen and oxygen atoms in total. The summed E-state index contributed by atoms with van der Waals surface area (Å²) in [4.78, 5) is 12.3. The zero-order valence-electron chi connectivity index (χ0n) is 11.8. The molecular weight excluding hydrogens is 265 g/mol. The Morgan fingerprint density at radius 2 is 1.86 bits per heavy atom. The first-order valence-corrected chi connectivity index (χ1v) is 7.29. The van der Waals surface area contributed by atoms with Crippen LogP contribution in [0.3, 0.4) is 0 Å². The molecule has 0 spiro atoms. The van der Waals surface area contributed by atoms with Crippen LogP contribution in [0.5, 0.6) is 0 Å². The number of hydrogen-bond donors (Lipinski definition) is 1. The van der Waals surface area contributed by atoms with Gasteiger partial charge >= 0.3 is 0 Å². The van der Waals surface area contributed by atoms with Crippen LogP contribution in [0.2, 0.25) is 0 Å². The first kappa shape index (κ1) is 13.8. The molecule has 1 N–H and O–H groups in total. The molecule has 2 aromatic carbocycles. The van der Waals surface area contributed by atoms with Crippen LogP contribution in [0.15, 0.2) is 54.6 Å². The highest BCUT2D eigenvalue weighted by Gasteiger charge is 2.39. The third-order valence-corrected chi connectivity index (χ3v) is 4.17. The largest absolute Gasteiger partial charge is 0.346 e. The van der Waals surface area contributed by atoms with Gasteiger partial charge in [0.15, 0.2) is 0 Å². The van der Waals surface area contributed by atoms with Crippen LogP contribution in [-0.2, 0) is 16.8 Å². The molecule has 0 heterocycles. The summed E-state index contributed by atoms with van der Waals surface area (Å²) in [5.41, 5.74) is 1.63. The van der Waals surface area contributed by atoms with Crippen molar-refractivity contribution in [2.75, 3.05) is 0 Å². The molecular formula is C18H18FNO. The van der Waals surface area contributed by atoms with Gasteiger partial charge in [-0.25, -0.2) is 4.39 Å². The van der Waals surface area contributed by atoms with Gasteiger partial charge in [0, 0.05) is 0 Å². The van der Waals surface area contributed by atoms with Crippen LogP contribution in [0.25, 0.3) is 0 Å². The van der Waals surface area contributed by atoms with E-state index in [2.05, 4.69) is 17.4 Å². The summed E-state index contributed by atoms with van der Waals surface area (Å²) in [5.74, 6) is -0.356. The third kappa shape index (κ3) is 2.97. The normalized spacial score (nSPS) is 16.0. The number of benzene rings is 2. The van der Waals surface area contributed by atoms with E-state index in [1.165, 1.54) is 12.1 Å². The number of carbonyl (C=O) groups excluding carboxylic acids is 1. The Balaban J connectivity index is 1.71. The van der Waals surface area contributed by atoms with E-state index >= 15 is 0 Å². The average molecular weight is 283 g/mol. The van der Waals surface area contributed by atoms with E-state index in [-0.39, 0.29) is 23.7 Å². The maximum Gasteiger partial charge on any atom is 0.225 e. The Bertz CT molecular complexity index is 635. The summed E-state index contributed by atoms with van der Waals surface area (Å²) in [6.07, 6.45) is 3.26. The van der Waals surface area contributed by atoms with E-state index in [1.54, 1.807) is 12.1 Å². The van der Waals surface area contributed by atoms with Gasteiger partial charge < -0.3 is 5.32 Å². The lowest BCUT2D eigenvalue weighted by atomic mass is 9.71. The number of hydrogen-bond acceptors (Lipinski definition) is 1. The molecule has 1 amide bonds. The zero-order valence-corrected chi connectivity index (χ0v) is 11.8. The summed E-state index contributed by atoms with van der Waals surface area (Å²) < 4.78 is 13.2. The van der Waals surface area contributed by atoms with Crippen molar-refractivity contribution in [2.24, 2.45) is 0 Å². The Morgan fingerprint density at radius 3 is 2.48 bits per heavy atom. The quantitative estimate of drug-likeness (QED) is 0.913. The maximum absolute atomic E-state index is 13.2. The summed E-state index contributed by atoms with van der Waals surface area (Å²) in [5, 5.41) is 3.15. The molecule has 0 unspecified atom stereocenters. The standard InChI is InChI=1S/C18H18FNO/c19-16-9-4-6-14(12-16)13-17(21)20-18(10-5-11-18)15-7-2-1-3-8-15/h1-4,6-9,12H,5,10-11,13H2,(H,20,21). The molecule has 0 atom stereocenters. The van der Waals surface area contributed by atoms with Crippen LogP contribution < -0.4 is 5.32 Å². The van der Waals surface area contributed by atoms with Gasteiger partial charge in [0.05, 0.1) is 12.0 Å². The van der Waals surface area contributed by atoms with Crippen molar-refractivity contribution < 1.29 is 9.18 Å². The summed E-state index contributed by atoms with van der Waals surface area (Å²) in [6.45, 7) is 0. The van der Waals surface area contributed by atoms with Crippen molar-refractivity contribution in [3.63, 3.8) is 0 Å². The van der Waals surface area contributed by atoms with Gasteiger partial charge in [-0.1, -0.05) is 42.5 Å². The Morgan fingerprint density at radius 1 is 1.10 bits per heavy atom. The molecule has 2 aromatic rings. The minimum Gasteiger partial charge on any atom is -0.346 e. The highest BCUT2D eigenvalue weighted by molar-refractivity contribution is 5.79. The molecule has 3 rings (SSSR count). The summed E-state index contributed by atoms with van der Waals surface area (Å²) >= 11 is 0. The fourth-order valence-electron chi connectivity index (χ4n) is 2.92. The smallest absolute Gasteiger partial charge is 0.225 e. The van der Waals surface area contributed by atoms with E-state index in [0.717, 1.165) is 24.8 Å². The maximum atomic E-state index is 13.2. The second-order valence-corrected chi connectivity index (χ2v) is 5.66. The van der Waals surface area contributed by atoms with Gasteiger partial charge in [-0.2, -0.15) is 0 Å². The van der Waals surface area contributed by atoms with E-state index < -0.39 is 0 Å². The molecule has 0 aromatic heterocycles. The molecule has 3 heteroatoms. The molecule has 1 saturated carbocycles. The molecule has 21 heavy (non-hydrogen) atoms. The number of amides is 1. The predicted molar refractivity (Wildman–Crippen MR) is 80.2 cm³/mol. The molecule has 1 aliphatic rings. The first-order valence-electron chi connectivity index (χ1n) is 7.29. The number of carbonyl (C=O) groups is 1. The van der Waals surface area contributed by atoms with Gasteiger partial charge in [0.2, 0.25) is 5.91 Å². The fourth-order valence-corrected chi connectivity index (χ4v) is 2.92.